The molecule has 2 rings (SSSR count). The maximum atomic E-state index is 12.3. The van der Waals surface area contributed by atoms with Gasteiger partial charge in [0.2, 0.25) is 5.91 Å². The summed E-state index contributed by atoms with van der Waals surface area (Å²) in [6, 6.07) is 14.7. The van der Waals surface area contributed by atoms with Crippen LogP contribution in [-0.2, 0) is 19.0 Å². The van der Waals surface area contributed by atoms with Crippen molar-refractivity contribution in [2.75, 3.05) is 72.2 Å². The minimum atomic E-state index is -0.188. The monoisotopic (exact) mass is 485 g/mol. The zero-order valence-corrected chi connectivity index (χ0v) is 20.7. The lowest BCUT2D eigenvalue weighted by Gasteiger charge is -2.11. The number of carbonyl (C=O) groups excluding carboxylic acids is 2. The van der Waals surface area contributed by atoms with Crippen LogP contribution in [0.4, 0.5) is 17.1 Å². The molecule has 0 aromatic heterocycles. The Kier molecular flexibility index (Phi) is 13.0. The maximum Gasteiger partial charge on any atom is 0.251 e. The Morgan fingerprint density at radius 1 is 0.771 bits per heavy atom. The van der Waals surface area contributed by atoms with E-state index in [1.165, 1.54) is 0 Å². The lowest BCUT2D eigenvalue weighted by Crippen LogP contribution is -2.28. The van der Waals surface area contributed by atoms with Gasteiger partial charge in [0, 0.05) is 52.0 Å². The standard InChI is InChI=1S/C25H35N5O5/c1-30(2)23-10-8-22(9-11-23)29-28-21-6-4-20(5-7-21)25(32)27-14-17-35-19-18-34-15-12-24(31)26-13-16-33-3/h4-11H,12-19H2,1-3H3,(H,26,31)(H,27,32). The minimum absolute atomic E-state index is 0.0725. The minimum Gasteiger partial charge on any atom is -0.383 e. The quantitative estimate of drug-likeness (QED) is 0.279. The van der Waals surface area contributed by atoms with E-state index in [2.05, 4.69) is 20.9 Å². The second-order valence-electron chi connectivity index (χ2n) is 7.73. The third-order valence-electron chi connectivity index (χ3n) is 4.78. The molecule has 0 saturated heterocycles. The van der Waals surface area contributed by atoms with Crippen LogP contribution in [0.15, 0.2) is 58.8 Å². The van der Waals surface area contributed by atoms with E-state index in [9.17, 15) is 9.59 Å². The number of hydrogen-bond acceptors (Lipinski definition) is 8. The summed E-state index contributed by atoms with van der Waals surface area (Å²) in [6.45, 7) is 2.83. The van der Waals surface area contributed by atoms with E-state index < -0.39 is 0 Å². The molecule has 0 aliphatic heterocycles. The first-order valence-electron chi connectivity index (χ1n) is 11.5. The predicted octanol–water partition coefficient (Wildman–Crippen LogP) is 3.08. The number of rotatable bonds is 16. The van der Waals surface area contributed by atoms with Gasteiger partial charge in [-0.2, -0.15) is 10.2 Å². The molecule has 0 radical (unpaired) electrons. The third kappa shape index (κ3) is 11.6. The van der Waals surface area contributed by atoms with Crippen LogP contribution < -0.4 is 15.5 Å². The van der Waals surface area contributed by atoms with Crippen molar-refractivity contribution in [3.8, 4) is 0 Å². The summed E-state index contributed by atoms with van der Waals surface area (Å²) in [6.07, 6.45) is 0.295. The van der Waals surface area contributed by atoms with Crippen LogP contribution in [-0.4, -0.2) is 79.1 Å². The van der Waals surface area contributed by atoms with E-state index in [1.54, 1.807) is 31.4 Å². The van der Waals surface area contributed by atoms with Gasteiger partial charge in [0.15, 0.2) is 0 Å². The van der Waals surface area contributed by atoms with Gasteiger partial charge in [-0.1, -0.05) is 0 Å². The number of anilines is 1. The Bertz CT molecular complexity index is 917. The lowest BCUT2D eigenvalue weighted by molar-refractivity contribution is -0.122. The van der Waals surface area contributed by atoms with Crippen LogP contribution in [0, 0.1) is 0 Å². The van der Waals surface area contributed by atoms with Gasteiger partial charge < -0.3 is 29.7 Å². The van der Waals surface area contributed by atoms with Crippen molar-refractivity contribution >= 4 is 28.9 Å². The van der Waals surface area contributed by atoms with Crippen LogP contribution in [0.1, 0.15) is 16.8 Å². The summed E-state index contributed by atoms with van der Waals surface area (Å²) < 4.78 is 15.7. The number of nitrogens with zero attached hydrogens (tertiary/aromatic N) is 3. The number of azo groups is 1. The number of benzene rings is 2. The number of amides is 2. The molecule has 2 aromatic rings. The highest BCUT2D eigenvalue weighted by molar-refractivity contribution is 5.94. The molecule has 0 bridgehead atoms. The van der Waals surface area contributed by atoms with Gasteiger partial charge in [0.1, 0.15) is 0 Å². The van der Waals surface area contributed by atoms with Gasteiger partial charge in [-0.3, -0.25) is 9.59 Å². The van der Waals surface area contributed by atoms with E-state index >= 15 is 0 Å². The summed E-state index contributed by atoms with van der Waals surface area (Å²) in [7, 11) is 5.55. The molecular weight excluding hydrogens is 450 g/mol. The van der Waals surface area contributed by atoms with E-state index in [0.717, 1.165) is 11.4 Å². The van der Waals surface area contributed by atoms with Crippen molar-refractivity contribution in [1.29, 1.82) is 0 Å². The summed E-state index contributed by atoms with van der Waals surface area (Å²) in [5, 5.41) is 14.0. The van der Waals surface area contributed by atoms with Crippen molar-refractivity contribution in [3.63, 3.8) is 0 Å². The maximum absolute atomic E-state index is 12.3. The second kappa shape index (κ2) is 16.3. The Morgan fingerprint density at radius 3 is 1.94 bits per heavy atom. The first-order valence-corrected chi connectivity index (χ1v) is 11.5. The molecule has 0 spiro atoms. The fourth-order valence-corrected chi connectivity index (χ4v) is 2.82. The number of methoxy groups -OCH3 is 1. The summed E-state index contributed by atoms with van der Waals surface area (Å²) in [5.74, 6) is -0.260. The molecule has 0 aliphatic carbocycles. The Balaban J connectivity index is 1.57. The fraction of sp³-hybridized carbons (Fsp3) is 0.440. The van der Waals surface area contributed by atoms with Crippen LogP contribution in [0.3, 0.4) is 0 Å². The van der Waals surface area contributed by atoms with Crippen LogP contribution in [0.5, 0.6) is 0 Å². The van der Waals surface area contributed by atoms with E-state index in [-0.39, 0.29) is 11.8 Å². The highest BCUT2D eigenvalue weighted by Gasteiger charge is 2.05. The van der Waals surface area contributed by atoms with Gasteiger partial charge in [0.25, 0.3) is 5.91 Å². The number of ether oxygens (including phenoxy) is 3. The second-order valence-corrected chi connectivity index (χ2v) is 7.73. The van der Waals surface area contributed by atoms with Crippen LogP contribution >= 0.6 is 0 Å². The van der Waals surface area contributed by atoms with Gasteiger partial charge in [-0.25, -0.2) is 0 Å². The largest absolute Gasteiger partial charge is 0.383 e. The molecular formula is C25H35N5O5. The lowest BCUT2D eigenvalue weighted by atomic mass is 10.2. The molecule has 0 atom stereocenters. The van der Waals surface area contributed by atoms with E-state index in [1.807, 2.05) is 43.3 Å². The van der Waals surface area contributed by atoms with Crippen molar-refractivity contribution in [3.05, 3.63) is 54.1 Å². The summed E-state index contributed by atoms with van der Waals surface area (Å²) >= 11 is 0. The highest BCUT2D eigenvalue weighted by atomic mass is 16.5. The van der Waals surface area contributed by atoms with Gasteiger partial charge in [-0.05, 0) is 48.5 Å². The first kappa shape index (κ1) is 27.9. The molecule has 190 valence electrons. The Morgan fingerprint density at radius 2 is 1.34 bits per heavy atom. The van der Waals surface area contributed by atoms with Gasteiger partial charge in [-0.15, -0.1) is 0 Å². The normalized spacial score (nSPS) is 10.9. The van der Waals surface area contributed by atoms with Crippen molar-refractivity contribution in [2.45, 2.75) is 6.42 Å². The Labute approximate surface area is 206 Å². The molecule has 2 amide bonds. The Hall–Kier alpha value is -3.34. The topological polar surface area (TPSA) is 114 Å². The van der Waals surface area contributed by atoms with Crippen LogP contribution in [0.25, 0.3) is 0 Å². The number of nitrogens with one attached hydrogen (secondary N) is 2. The van der Waals surface area contributed by atoms with E-state index in [4.69, 9.17) is 14.2 Å². The molecule has 10 heteroatoms. The summed E-state index contributed by atoms with van der Waals surface area (Å²) in [5.41, 5.74) is 3.04. The van der Waals surface area contributed by atoms with Gasteiger partial charge in [0.05, 0.1) is 44.4 Å². The first-order chi connectivity index (χ1) is 17.0. The van der Waals surface area contributed by atoms with Gasteiger partial charge >= 0.3 is 0 Å². The highest BCUT2D eigenvalue weighted by Crippen LogP contribution is 2.21. The third-order valence-corrected chi connectivity index (χ3v) is 4.78. The van der Waals surface area contributed by atoms with Crippen LogP contribution in [0.2, 0.25) is 0 Å². The molecule has 0 heterocycles. The van der Waals surface area contributed by atoms with Crippen molar-refractivity contribution in [2.24, 2.45) is 10.2 Å². The molecule has 10 nitrogen and oxygen atoms in total. The average Bonchev–Trinajstić information content (AvgIpc) is 2.87. The number of hydrogen-bond donors (Lipinski definition) is 2. The zero-order valence-electron chi connectivity index (χ0n) is 20.7. The fourth-order valence-electron chi connectivity index (χ4n) is 2.82. The molecule has 0 unspecified atom stereocenters. The number of carbonyl (C=O) groups is 2. The smallest absolute Gasteiger partial charge is 0.251 e. The molecule has 2 aromatic carbocycles. The van der Waals surface area contributed by atoms with Crippen molar-refractivity contribution in [1.82, 2.24) is 10.6 Å². The molecule has 0 fully saturated rings. The SMILES string of the molecule is COCCNC(=O)CCOCCOCCNC(=O)c1ccc(N=Nc2ccc(N(C)C)cc2)cc1. The molecule has 35 heavy (non-hydrogen) atoms. The predicted molar refractivity (Wildman–Crippen MR) is 135 cm³/mol. The molecule has 0 aliphatic rings. The average molecular weight is 486 g/mol. The molecule has 2 N–H and O–H groups in total. The van der Waals surface area contributed by atoms with E-state index in [0.29, 0.717) is 63.8 Å². The zero-order chi connectivity index (χ0) is 25.3. The molecule has 0 saturated carbocycles. The summed E-state index contributed by atoms with van der Waals surface area (Å²) in [4.78, 5) is 25.8. The van der Waals surface area contributed by atoms with Crippen molar-refractivity contribution < 1.29 is 23.8 Å².